The van der Waals surface area contributed by atoms with Crippen LogP contribution < -0.4 is 9.64 Å². The first kappa shape index (κ1) is 18.9. The van der Waals surface area contributed by atoms with Crippen molar-refractivity contribution in [2.24, 2.45) is 0 Å². The summed E-state index contributed by atoms with van der Waals surface area (Å²) < 4.78 is 32.1. The van der Waals surface area contributed by atoms with Gasteiger partial charge in [-0.2, -0.15) is 4.31 Å². The molecule has 0 spiro atoms. The molecule has 6 nitrogen and oxygen atoms in total. The molecule has 140 valence electrons. The zero-order valence-corrected chi connectivity index (χ0v) is 16.7. The lowest BCUT2D eigenvalue weighted by atomic mass is 10.2. The van der Waals surface area contributed by atoms with Gasteiger partial charge in [0.15, 0.2) is 0 Å². The number of carbonyl (C=O) groups excluding carboxylic acids is 1. The van der Waals surface area contributed by atoms with Crippen LogP contribution in [0.2, 0.25) is 0 Å². The van der Waals surface area contributed by atoms with E-state index >= 15 is 0 Å². The molecule has 8 heteroatoms. The van der Waals surface area contributed by atoms with E-state index in [9.17, 15) is 13.2 Å². The van der Waals surface area contributed by atoms with Crippen LogP contribution in [-0.4, -0.2) is 45.4 Å². The fourth-order valence-corrected chi connectivity index (χ4v) is 5.51. The van der Waals surface area contributed by atoms with Gasteiger partial charge >= 0.3 is 0 Å². The number of fused-ring (bicyclic) bond motifs is 1. The molecular weight excluding hydrogens is 372 g/mol. The smallest absolute Gasteiger partial charge is 0.272 e. The fourth-order valence-electron chi connectivity index (χ4n) is 3.20. The Morgan fingerprint density at radius 1 is 1.27 bits per heavy atom. The Labute approximate surface area is 158 Å². The number of benzene rings is 1. The zero-order valence-electron chi connectivity index (χ0n) is 15.1. The predicted octanol–water partition coefficient (Wildman–Crippen LogP) is 2.99. The molecule has 2 aromatic rings. The topological polar surface area (TPSA) is 66.9 Å². The van der Waals surface area contributed by atoms with Crippen LogP contribution in [0.3, 0.4) is 0 Å². The van der Waals surface area contributed by atoms with Crippen molar-refractivity contribution in [1.29, 1.82) is 0 Å². The van der Waals surface area contributed by atoms with Crippen LogP contribution in [0.1, 0.15) is 29.1 Å². The summed E-state index contributed by atoms with van der Waals surface area (Å²) in [5.74, 6) is 0.448. The van der Waals surface area contributed by atoms with Gasteiger partial charge in [-0.1, -0.05) is 13.8 Å². The molecule has 1 amide bonds. The van der Waals surface area contributed by atoms with Crippen molar-refractivity contribution < 1.29 is 17.9 Å². The quantitative estimate of drug-likeness (QED) is 0.755. The number of rotatable bonds is 6. The van der Waals surface area contributed by atoms with E-state index in [2.05, 4.69) is 0 Å². The largest absolute Gasteiger partial charge is 0.495 e. The van der Waals surface area contributed by atoms with Gasteiger partial charge in [-0.3, -0.25) is 4.79 Å². The molecule has 0 saturated carbocycles. The molecule has 1 aromatic carbocycles. The molecule has 0 aliphatic carbocycles. The summed E-state index contributed by atoms with van der Waals surface area (Å²) in [4.78, 5) is 15.4. The SMILES string of the molecule is CCN(CC)S(=O)(=O)c1ccc2c(c1)CCN2C(=O)c1sccc1OC. The van der Waals surface area contributed by atoms with Crippen LogP contribution in [0.5, 0.6) is 5.75 Å². The number of methoxy groups -OCH3 is 1. The highest BCUT2D eigenvalue weighted by Gasteiger charge is 2.30. The van der Waals surface area contributed by atoms with Crippen molar-refractivity contribution in [3.63, 3.8) is 0 Å². The first-order valence-corrected chi connectivity index (χ1v) is 10.8. The van der Waals surface area contributed by atoms with Gasteiger partial charge in [0, 0.05) is 25.3 Å². The normalized spacial score (nSPS) is 13.9. The number of hydrogen-bond acceptors (Lipinski definition) is 5. The third kappa shape index (κ3) is 3.13. The van der Waals surface area contributed by atoms with Crippen LogP contribution in [0, 0.1) is 0 Å². The monoisotopic (exact) mass is 394 g/mol. The predicted molar refractivity (Wildman–Crippen MR) is 103 cm³/mol. The van der Waals surface area contributed by atoms with Crippen molar-refractivity contribution in [2.75, 3.05) is 31.6 Å². The van der Waals surface area contributed by atoms with Crippen molar-refractivity contribution in [1.82, 2.24) is 4.31 Å². The van der Waals surface area contributed by atoms with E-state index in [-0.39, 0.29) is 10.8 Å². The summed E-state index contributed by atoms with van der Waals surface area (Å²) in [5, 5.41) is 1.82. The van der Waals surface area contributed by atoms with E-state index in [4.69, 9.17) is 4.74 Å². The minimum absolute atomic E-state index is 0.116. The lowest BCUT2D eigenvalue weighted by Crippen LogP contribution is -2.30. The minimum Gasteiger partial charge on any atom is -0.495 e. The number of ether oxygens (including phenoxy) is 1. The van der Waals surface area contributed by atoms with Crippen LogP contribution in [0.25, 0.3) is 0 Å². The zero-order chi connectivity index (χ0) is 18.9. The van der Waals surface area contributed by atoms with Gasteiger partial charge in [-0.15, -0.1) is 11.3 Å². The molecule has 0 atom stereocenters. The van der Waals surface area contributed by atoms with Gasteiger partial charge in [0.05, 0.1) is 12.0 Å². The molecule has 0 bridgehead atoms. The van der Waals surface area contributed by atoms with E-state index < -0.39 is 10.0 Å². The maximum atomic E-state index is 12.9. The second-order valence-electron chi connectivity index (χ2n) is 5.90. The van der Waals surface area contributed by atoms with Crippen molar-refractivity contribution in [2.45, 2.75) is 25.2 Å². The van der Waals surface area contributed by atoms with Crippen LogP contribution >= 0.6 is 11.3 Å². The lowest BCUT2D eigenvalue weighted by Gasteiger charge is -2.20. The minimum atomic E-state index is -3.50. The van der Waals surface area contributed by atoms with Crippen LogP contribution in [0.15, 0.2) is 34.5 Å². The molecule has 0 fully saturated rings. The highest BCUT2D eigenvalue weighted by molar-refractivity contribution is 7.89. The average molecular weight is 395 g/mol. The van der Waals surface area contributed by atoms with Gasteiger partial charge in [0.25, 0.3) is 5.91 Å². The molecule has 3 rings (SSSR count). The standard InChI is InChI=1S/C18H22N2O4S2/c1-4-19(5-2)26(22,23)14-6-7-15-13(12-14)8-10-20(15)18(21)17-16(24-3)9-11-25-17/h6-7,9,11-12H,4-5,8,10H2,1-3H3. The third-order valence-electron chi connectivity index (χ3n) is 4.58. The molecule has 26 heavy (non-hydrogen) atoms. The van der Waals surface area contributed by atoms with Crippen molar-refractivity contribution >= 4 is 33.0 Å². The Morgan fingerprint density at radius 3 is 2.65 bits per heavy atom. The second-order valence-corrected chi connectivity index (χ2v) is 8.76. The third-order valence-corrected chi connectivity index (χ3v) is 7.51. The van der Waals surface area contributed by atoms with E-state index in [1.54, 1.807) is 36.3 Å². The number of hydrogen-bond donors (Lipinski definition) is 0. The number of carbonyl (C=O) groups is 1. The summed E-state index contributed by atoms with van der Waals surface area (Å²) in [7, 11) is -1.96. The molecule has 1 aliphatic heterocycles. The molecule has 0 radical (unpaired) electrons. The molecular formula is C18H22N2O4S2. The Morgan fingerprint density at radius 2 is 2.00 bits per heavy atom. The van der Waals surface area contributed by atoms with Gasteiger partial charge < -0.3 is 9.64 Å². The maximum Gasteiger partial charge on any atom is 0.272 e. The van der Waals surface area contributed by atoms with E-state index in [0.717, 1.165) is 11.3 Å². The summed E-state index contributed by atoms with van der Waals surface area (Å²) in [6.45, 7) is 5.04. The van der Waals surface area contributed by atoms with Gasteiger partial charge in [-0.25, -0.2) is 8.42 Å². The summed E-state index contributed by atoms with van der Waals surface area (Å²) in [6.07, 6.45) is 0.635. The summed E-state index contributed by atoms with van der Waals surface area (Å²) in [5.41, 5.74) is 1.64. The highest BCUT2D eigenvalue weighted by atomic mass is 32.2. The molecule has 0 unspecified atom stereocenters. The Bertz CT molecular complexity index is 917. The van der Waals surface area contributed by atoms with Crippen LogP contribution in [0.4, 0.5) is 5.69 Å². The van der Waals surface area contributed by atoms with Gasteiger partial charge in [0.1, 0.15) is 10.6 Å². The van der Waals surface area contributed by atoms with Gasteiger partial charge in [-0.05, 0) is 41.6 Å². The van der Waals surface area contributed by atoms with Crippen LogP contribution in [-0.2, 0) is 16.4 Å². The molecule has 1 aromatic heterocycles. The average Bonchev–Trinajstić information content (AvgIpc) is 3.28. The lowest BCUT2D eigenvalue weighted by molar-refractivity contribution is 0.0990. The number of thiophene rings is 1. The van der Waals surface area contributed by atoms with E-state index in [1.807, 2.05) is 19.2 Å². The second kappa shape index (κ2) is 7.38. The molecule has 0 saturated heterocycles. The molecule has 2 heterocycles. The molecule has 1 aliphatic rings. The first-order valence-electron chi connectivity index (χ1n) is 8.50. The Balaban J connectivity index is 1.93. The fraction of sp³-hybridized carbons (Fsp3) is 0.389. The van der Waals surface area contributed by atoms with Crippen molar-refractivity contribution in [3.8, 4) is 5.75 Å². The van der Waals surface area contributed by atoms with Gasteiger partial charge in [0.2, 0.25) is 10.0 Å². The first-order chi connectivity index (χ1) is 12.4. The number of amides is 1. The summed E-state index contributed by atoms with van der Waals surface area (Å²) >= 11 is 1.34. The Hall–Kier alpha value is -1.90. The molecule has 0 N–H and O–H groups in total. The summed E-state index contributed by atoms with van der Waals surface area (Å²) in [6, 6.07) is 6.79. The highest BCUT2D eigenvalue weighted by Crippen LogP contribution is 2.34. The van der Waals surface area contributed by atoms with E-state index in [1.165, 1.54) is 15.6 Å². The number of anilines is 1. The Kier molecular flexibility index (Phi) is 5.36. The number of sulfonamides is 1. The van der Waals surface area contributed by atoms with E-state index in [0.29, 0.717) is 36.7 Å². The number of nitrogens with zero attached hydrogens (tertiary/aromatic N) is 2. The van der Waals surface area contributed by atoms with Crippen molar-refractivity contribution in [3.05, 3.63) is 40.1 Å². The maximum absolute atomic E-state index is 12.9.